The lowest BCUT2D eigenvalue weighted by Gasteiger charge is -2.14. The van der Waals surface area contributed by atoms with Crippen molar-refractivity contribution in [3.63, 3.8) is 0 Å². The smallest absolute Gasteiger partial charge is 0.177 e. The molecule has 4 heteroatoms. The molecule has 7 rings (SSSR count). The second-order valence-electron chi connectivity index (χ2n) is 10.0. The van der Waals surface area contributed by atoms with E-state index < -0.39 is 0 Å². The molecule has 0 radical (unpaired) electrons. The van der Waals surface area contributed by atoms with Gasteiger partial charge in [-0.3, -0.25) is 0 Å². The number of fused-ring (bicyclic) bond motifs is 2. The van der Waals surface area contributed by atoms with Gasteiger partial charge < -0.3 is 0 Å². The standard InChI is InChI=1S/C38H22N4/c1-39-29-22-28(23-30(24-29)40-2)25-16-18-26(19-17-25)31-20-21-34(33-13-7-6-12-32(31)33)38-41-36-15-9-8-14-35(36)37(42-38)27-10-4-3-5-11-27/h3-24H. The lowest BCUT2D eigenvalue weighted by Crippen LogP contribution is -1.96. The predicted molar refractivity (Wildman–Crippen MR) is 171 cm³/mol. The van der Waals surface area contributed by atoms with Crippen molar-refractivity contribution >= 4 is 33.1 Å². The molecule has 4 nitrogen and oxygen atoms in total. The molecule has 0 N–H and O–H groups in total. The van der Waals surface area contributed by atoms with Gasteiger partial charge >= 0.3 is 0 Å². The van der Waals surface area contributed by atoms with Gasteiger partial charge in [0.05, 0.1) is 24.4 Å². The maximum absolute atomic E-state index is 7.39. The lowest BCUT2D eigenvalue weighted by molar-refractivity contribution is 1.23. The van der Waals surface area contributed by atoms with Crippen LogP contribution in [0.5, 0.6) is 0 Å². The molecule has 0 aliphatic rings. The normalized spacial score (nSPS) is 10.8. The average Bonchev–Trinajstić information content (AvgIpc) is 3.07. The lowest BCUT2D eigenvalue weighted by atomic mass is 9.93. The number of para-hydroxylation sites is 1. The maximum atomic E-state index is 7.39. The molecule has 1 aromatic heterocycles. The summed E-state index contributed by atoms with van der Waals surface area (Å²) in [6, 6.07) is 44.6. The number of benzene rings is 6. The van der Waals surface area contributed by atoms with Gasteiger partial charge in [-0.15, -0.1) is 0 Å². The van der Waals surface area contributed by atoms with Crippen LogP contribution in [0.15, 0.2) is 133 Å². The van der Waals surface area contributed by atoms with Crippen molar-refractivity contribution in [3.05, 3.63) is 156 Å². The zero-order valence-corrected chi connectivity index (χ0v) is 22.5. The van der Waals surface area contributed by atoms with Crippen LogP contribution in [0.4, 0.5) is 11.4 Å². The van der Waals surface area contributed by atoms with Crippen LogP contribution in [0.3, 0.4) is 0 Å². The molecule has 0 saturated heterocycles. The van der Waals surface area contributed by atoms with Crippen molar-refractivity contribution in [2.75, 3.05) is 0 Å². The van der Waals surface area contributed by atoms with Crippen LogP contribution in [0, 0.1) is 13.1 Å². The monoisotopic (exact) mass is 534 g/mol. The van der Waals surface area contributed by atoms with Gasteiger partial charge in [-0.25, -0.2) is 19.7 Å². The third kappa shape index (κ3) is 4.44. The van der Waals surface area contributed by atoms with Crippen molar-refractivity contribution in [2.45, 2.75) is 0 Å². The van der Waals surface area contributed by atoms with E-state index in [0.29, 0.717) is 17.2 Å². The third-order valence-electron chi connectivity index (χ3n) is 7.51. The highest BCUT2D eigenvalue weighted by Crippen LogP contribution is 2.38. The van der Waals surface area contributed by atoms with E-state index in [2.05, 4.69) is 76.4 Å². The summed E-state index contributed by atoms with van der Waals surface area (Å²) in [6.07, 6.45) is 0. The molecule has 0 fully saturated rings. The minimum atomic E-state index is 0.468. The van der Waals surface area contributed by atoms with Crippen LogP contribution in [0.25, 0.3) is 76.3 Å². The van der Waals surface area contributed by atoms with Crippen molar-refractivity contribution < 1.29 is 0 Å². The third-order valence-corrected chi connectivity index (χ3v) is 7.51. The van der Waals surface area contributed by atoms with Crippen LogP contribution < -0.4 is 0 Å². The van der Waals surface area contributed by atoms with Gasteiger partial charge in [0.1, 0.15) is 0 Å². The van der Waals surface area contributed by atoms with Gasteiger partial charge in [0, 0.05) is 16.5 Å². The average molecular weight is 535 g/mol. The Morgan fingerprint density at radius 2 is 1.00 bits per heavy atom. The largest absolute Gasteiger partial charge is 0.239 e. The fraction of sp³-hybridized carbons (Fsp3) is 0. The van der Waals surface area contributed by atoms with Crippen LogP contribution in [-0.4, -0.2) is 9.97 Å². The van der Waals surface area contributed by atoms with Gasteiger partial charge in [-0.05, 0) is 45.2 Å². The Morgan fingerprint density at radius 3 is 1.69 bits per heavy atom. The molecule has 0 unspecified atom stereocenters. The first-order chi connectivity index (χ1) is 20.7. The zero-order valence-electron chi connectivity index (χ0n) is 22.5. The molecule has 1 heterocycles. The quantitative estimate of drug-likeness (QED) is 0.211. The van der Waals surface area contributed by atoms with Gasteiger partial charge in [0.25, 0.3) is 0 Å². The minimum Gasteiger partial charge on any atom is -0.239 e. The minimum absolute atomic E-state index is 0.468. The van der Waals surface area contributed by atoms with E-state index in [-0.39, 0.29) is 0 Å². The molecule has 7 aromatic rings. The van der Waals surface area contributed by atoms with Crippen LogP contribution in [-0.2, 0) is 0 Å². The maximum Gasteiger partial charge on any atom is 0.177 e. The summed E-state index contributed by atoms with van der Waals surface area (Å²) in [5, 5.41) is 3.23. The second kappa shape index (κ2) is 10.5. The summed E-state index contributed by atoms with van der Waals surface area (Å²) in [4.78, 5) is 17.2. The number of rotatable bonds is 4. The summed E-state index contributed by atoms with van der Waals surface area (Å²) in [5.74, 6) is 0.695. The van der Waals surface area contributed by atoms with E-state index in [0.717, 1.165) is 60.8 Å². The van der Waals surface area contributed by atoms with Gasteiger partial charge in [0.2, 0.25) is 0 Å². The zero-order chi connectivity index (χ0) is 28.5. The first-order valence-electron chi connectivity index (χ1n) is 13.6. The van der Waals surface area contributed by atoms with Gasteiger partial charge in [-0.1, -0.05) is 121 Å². The van der Waals surface area contributed by atoms with E-state index in [1.54, 1.807) is 6.07 Å². The molecule has 0 bridgehead atoms. The van der Waals surface area contributed by atoms with E-state index in [1.807, 2.05) is 60.7 Å². The predicted octanol–water partition coefficient (Wildman–Crippen LogP) is 10.6. The van der Waals surface area contributed by atoms with E-state index >= 15 is 0 Å². The number of hydrogen-bond donors (Lipinski definition) is 0. The molecule has 0 aliphatic carbocycles. The Balaban J connectivity index is 1.35. The summed E-state index contributed by atoms with van der Waals surface area (Å²) in [7, 11) is 0. The number of aromatic nitrogens is 2. The molecule has 194 valence electrons. The van der Waals surface area contributed by atoms with E-state index in [4.69, 9.17) is 23.1 Å². The molecule has 0 atom stereocenters. The molecular weight excluding hydrogens is 512 g/mol. The fourth-order valence-corrected chi connectivity index (χ4v) is 5.49. The second-order valence-corrected chi connectivity index (χ2v) is 10.0. The highest BCUT2D eigenvalue weighted by Gasteiger charge is 2.15. The highest BCUT2D eigenvalue weighted by molar-refractivity contribution is 6.05. The molecule has 0 saturated carbocycles. The Morgan fingerprint density at radius 1 is 0.429 bits per heavy atom. The van der Waals surface area contributed by atoms with Crippen molar-refractivity contribution in [3.8, 4) is 44.9 Å². The Kier molecular flexibility index (Phi) is 6.21. The molecule has 42 heavy (non-hydrogen) atoms. The van der Waals surface area contributed by atoms with Crippen molar-refractivity contribution in [1.29, 1.82) is 0 Å². The van der Waals surface area contributed by atoms with E-state index in [1.165, 1.54) is 0 Å². The van der Waals surface area contributed by atoms with Crippen molar-refractivity contribution in [2.24, 2.45) is 0 Å². The molecule has 0 amide bonds. The van der Waals surface area contributed by atoms with Crippen molar-refractivity contribution in [1.82, 2.24) is 9.97 Å². The summed E-state index contributed by atoms with van der Waals surface area (Å²) < 4.78 is 0. The Labute approximate surface area is 243 Å². The first kappa shape index (κ1) is 24.9. The Hall–Kier alpha value is -6.10. The van der Waals surface area contributed by atoms with Crippen LogP contribution in [0.1, 0.15) is 0 Å². The number of hydrogen-bond acceptors (Lipinski definition) is 2. The molecule has 0 aliphatic heterocycles. The Bertz CT molecular complexity index is 2170. The fourth-order valence-electron chi connectivity index (χ4n) is 5.49. The molecular formula is C38H22N4. The molecule has 6 aromatic carbocycles. The molecule has 0 spiro atoms. The van der Waals surface area contributed by atoms with Gasteiger partial charge in [-0.2, -0.15) is 0 Å². The summed E-state index contributed by atoms with van der Waals surface area (Å²) >= 11 is 0. The SMILES string of the molecule is [C-]#[N+]c1cc([N+]#[C-])cc(-c2ccc(-c3ccc(-c4nc(-c5ccccc5)c5ccccc5n4)c4ccccc34)cc2)c1. The number of nitrogens with zero attached hydrogens (tertiary/aromatic N) is 4. The van der Waals surface area contributed by atoms with Gasteiger partial charge in [0.15, 0.2) is 17.2 Å². The van der Waals surface area contributed by atoms with E-state index in [9.17, 15) is 0 Å². The topological polar surface area (TPSA) is 34.5 Å². The van der Waals surface area contributed by atoms with Crippen LogP contribution in [0.2, 0.25) is 0 Å². The first-order valence-corrected chi connectivity index (χ1v) is 13.6. The summed E-state index contributed by atoms with van der Waals surface area (Å²) in [6.45, 7) is 14.8. The summed E-state index contributed by atoms with van der Waals surface area (Å²) in [5.41, 5.74) is 8.83. The van der Waals surface area contributed by atoms with Crippen LogP contribution >= 0.6 is 0 Å². The highest BCUT2D eigenvalue weighted by atomic mass is 14.9.